The van der Waals surface area contributed by atoms with Crippen LogP contribution in [0.15, 0.2) is 30.3 Å². The molecule has 3 atom stereocenters. The molecule has 5 saturated heterocycles. The highest BCUT2D eigenvalue weighted by Gasteiger charge is 2.54. The molecular formula is C22H29N3O2. The first-order chi connectivity index (χ1) is 13.2. The van der Waals surface area contributed by atoms with Crippen molar-refractivity contribution in [2.75, 3.05) is 32.7 Å². The van der Waals surface area contributed by atoms with Crippen LogP contribution in [0.3, 0.4) is 0 Å². The van der Waals surface area contributed by atoms with E-state index in [1.807, 2.05) is 4.90 Å². The molecular weight excluding hydrogens is 338 g/mol. The van der Waals surface area contributed by atoms with E-state index >= 15 is 0 Å². The van der Waals surface area contributed by atoms with Crippen LogP contribution in [0, 0.1) is 5.92 Å². The van der Waals surface area contributed by atoms with Crippen molar-refractivity contribution in [3.05, 3.63) is 35.9 Å². The van der Waals surface area contributed by atoms with Crippen molar-refractivity contribution in [2.24, 2.45) is 5.92 Å². The number of likely N-dealkylation sites (tertiary alicyclic amines) is 2. The Labute approximate surface area is 161 Å². The van der Waals surface area contributed by atoms with Gasteiger partial charge in [0.05, 0.1) is 6.04 Å². The van der Waals surface area contributed by atoms with Crippen molar-refractivity contribution in [2.45, 2.75) is 50.1 Å². The summed E-state index contributed by atoms with van der Waals surface area (Å²) in [5.74, 6) is 1.52. The Bertz CT molecular complexity index is 714. The number of nitrogens with zero attached hydrogens (tertiary/aromatic N) is 3. The van der Waals surface area contributed by atoms with E-state index in [1.54, 1.807) is 0 Å². The highest BCUT2D eigenvalue weighted by molar-refractivity contribution is 5.80. The van der Waals surface area contributed by atoms with Gasteiger partial charge in [0.15, 0.2) is 0 Å². The van der Waals surface area contributed by atoms with Crippen LogP contribution in [0.1, 0.15) is 43.6 Å². The van der Waals surface area contributed by atoms with Gasteiger partial charge in [-0.2, -0.15) is 0 Å². The lowest BCUT2D eigenvalue weighted by Crippen LogP contribution is -2.60. The molecule has 5 aliphatic heterocycles. The lowest BCUT2D eigenvalue weighted by Gasteiger charge is -2.51. The maximum atomic E-state index is 13.2. The van der Waals surface area contributed by atoms with E-state index in [9.17, 15) is 9.59 Å². The van der Waals surface area contributed by atoms with Crippen molar-refractivity contribution in [3.63, 3.8) is 0 Å². The second-order valence-corrected chi connectivity index (χ2v) is 8.65. The summed E-state index contributed by atoms with van der Waals surface area (Å²) in [5.41, 5.74) is 1.37. The minimum atomic E-state index is 0.215. The molecule has 5 fully saturated rings. The van der Waals surface area contributed by atoms with Gasteiger partial charge >= 0.3 is 0 Å². The Kier molecular flexibility index (Phi) is 4.43. The first-order valence-electron chi connectivity index (χ1n) is 10.6. The Morgan fingerprint density at radius 2 is 1.81 bits per heavy atom. The predicted octanol–water partition coefficient (Wildman–Crippen LogP) is 2.09. The number of hydrogen-bond acceptors (Lipinski definition) is 3. The molecule has 0 aliphatic carbocycles. The minimum Gasteiger partial charge on any atom is -0.342 e. The molecule has 0 saturated carbocycles. The largest absolute Gasteiger partial charge is 0.342 e. The van der Waals surface area contributed by atoms with Crippen molar-refractivity contribution >= 4 is 11.8 Å². The van der Waals surface area contributed by atoms with Crippen molar-refractivity contribution in [1.82, 2.24) is 14.7 Å². The summed E-state index contributed by atoms with van der Waals surface area (Å²) in [6.45, 7) is 4.61. The Balaban J connectivity index is 1.36. The molecule has 2 amide bonds. The van der Waals surface area contributed by atoms with Crippen molar-refractivity contribution in [1.29, 1.82) is 0 Å². The molecule has 1 aromatic rings. The number of carbonyl (C=O) groups is 2. The zero-order valence-electron chi connectivity index (χ0n) is 15.9. The van der Waals surface area contributed by atoms with Gasteiger partial charge in [0.25, 0.3) is 0 Å². The molecule has 0 radical (unpaired) electrons. The summed E-state index contributed by atoms with van der Waals surface area (Å²) in [6.07, 6.45) is 4.50. The number of carbonyl (C=O) groups excluding carboxylic acids is 2. The number of rotatable bonds is 4. The third-order valence-corrected chi connectivity index (χ3v) is 7.31. The topological polar surface area (TPSA) is 43.9 Å². The van der Waals surface area contributed by atoms with Gasteiger partial charge in [-0.25, -0.2) is 0 Å². The van der Waals surface area contributed by atoms with Crippen LogP contribution in [-0.2, 0) is 9.59 Å². The zero-order valence-corrected chi connectivity index (χ0v) is 15.9. The SMILES string of the molecule is O=C1CCCN1CCC(=O)N1C[C@@H](c2ccccc2)[C@@H]2[C@H]1C1CCN2CC1. The van der Waals surface area contributed by atoms with Crippen LogP contribution >= 0.6 is 0 Å². The molecule has 0 N–H and O–H groups in total. The Morgan fingerprint density at radius 3 is 2.52 bits per heavy atom. The van der Waals surface area contributed by atoms with Gasteiger partial charge in [-0.05, 0) is 43.8 Å². The number of fused-ring (bicyclic) bond motifs is 2. The minimum absolute atomic E-state index is 0.215. The summed E-state index contributed by atoms with van der Waals surface area (Å²) >= 11 is 0. The maximum Gasteiger partial charge on any atom is 0.224 e. The van der Waals surface area contributed by atoms with Gasteiger partial charge in [0.1, 0.15) is 0 Å². The molecule has 5 nitrogen and oxygen atoms in total. The van der Waals surface area contributed by atoms with Crippen LogP contribution in [0.4, 0.5) is 0 Å². The molecule has 0 unspecified atom stereocenters. The van der Waals surface area contributed by atoms with E-state index in [0.717, 1.165) is 19.5 Å². The lowest BCUT2D eigenvalue weighted by molar-refractivity contribution is -0.137. The number of benzene rings is 1. The Morgan fingerprint density at radius 1 is 1.04 bits per heavy atom. The molecule has 5 heteroatoms. The van der Waals surface area contributed by atoms with Crippen LogP contribution in [0.2, 0.25) is 0 Å². The fraction of sp³-hybridized carbons (Fsp3) is 0.636. The lowest BCUT2D eigenvalue weighted by atomic mass is 9.75. The van der Waals surface area contributed by atoms with Crippen LogP contribution in [0.25, 0.3) is 0 Å². The Hall–Kier alpha value is -1.88. The monoisotopic (exact) mass is 367 g/mol. The molecule has 2 bridgehead atoms. The van der Waals surface area contributed by atoms with Gasteiger partial charge in [-0.1, -0.05) is 30.3 Å². The van der Waals surface area contributed by atoms with Crippen LogP contribution in [-0.4, -0.2) is 71.3 Å². The first kappa shape index (κ1) is 17.2. The average Bonchev–Trinajstić information content (AvgIpc) is 3.33. The van der Waals surface area contributed by atoms with Gasteiger partial charge in [-0.15, -0.1) is 0 Å². The molecule has 0 spiro atoms. The molecule has 5 aliphatic rings. The third kappa shape index (κ3) is 2.96. The van der Waals surface area contributed by atoms with Crippen molar-refractivity contribution in [3.8, 4) is 0 Å². The van der Waals surface area contributed by atoms with Crippen LogP contribution < -0.4 is 0 Å². The van der Waals surface area contributed by atoms with Gasteiger partial charge in [0, 0.05) is 44.4 Å². The summed E-state index contributed by atoms with van der Waals surface area (Å²) in [6, 6.07) is 11.6. The van der Waals surface area contributed by atoms with Crippen LogP contribution in [0.5, 0.6) is 0 Å². The fourth-order valence-electron chi connectivity index (χ4n) is 6.01. The highest BCUT2D eigenvalue weighted by atomic mass is 16.2. The second-order valence-electron chi connectivity index (χ2n) is 8.65. The van der Waals surface area contributed by atoms with E-state index in [1.165, 1.54) is 31.5 Å². The summed E-state index contributed by atoms with van der Waals surface area (Å²) in [7, 11) is 0. The van der Waals surface area contributed by atoms with Crippen molar-refractivity contribution < 1.29 is 9.59 Å². The molecule has 5 heterocycles. The zero-order chi connectivity index (χ0) is 18.4. The van der Waals surface area contributed by atoms with Gasteiger partial charge in [0.2, 0.25) is 11.8 Å². The van der Waals surface area contributed by atoms with E-state index in [4.69, 9.17) is 0 Å². The summed E-state index contributed by atoms with van der Waals surface area (Å²) in [4.78, 5) is 31.8. The molecule has 6 rings (SSSR count). The van der Waals surface area contributed by atoms with Gasteiger partial charge < -0.3 is 9.80 Å². The number of piperidine rings is 3. The predicted molar refractivity (Wildman–Crippen MR) is 103 cm³/mol. The van der Waals surface area contributed by atoms with E-state index in [-0.39, 0.29) is 11.8 Å². The normalized spacial score (nSPS) is 35.0. The molecule has 0 aromatic heterocycles. The first-order valence-corrected chi connectivity index (χ1v) is 10.6. The molecule has 27 heavy (non-hydrogen) atoms. The van der Waals surface area contributed by atoms with E-state index in [2.05, 4.69) is 40.1 Å². The quantitative estimate of drug-likeness (QED) is 0.819. The van der Waals surface area contributed by atoms with Gasteiger partial charge in [-0.3, -0.25) is 14.5 Å². The average molecular weight is 367 g/mol. The summed E-state index contributed by atoms with van der Waals surface area (Å²) < 4.78 is 0. The number of hydrogen-bond donors (Lipinski definition) is 0. The van der Waals surface area contributed by atoms with E-state index in [0.29, 0.717) is 43.3 Å². The van der Waals surface area contributed by atoms with E-state index < -0.39 is 0 Å². The highest BCUT2D eigenvalue weighted by Crippen LogP contribution is 2.46. The fourth-order valence-corrected chi connectivity index (χ4v) is 6.01. The summed E-state index contributed by atoms with van der Waals surface area (Å²) in [5, 5.41) is 0. The third-order valence-electron chi connectivity index (χ3n) is 7.31. The molecule has 1 aromatic carbocycles. The standard InChI is InChI=1S/C22H29N3O2/c26-19-7-4-11-23(19)14-10-20(27)25-15-18(16-5-2-1-3-6-16)22-21(25)17-8-12-24(22)13-9-17/h1-3,5-6,17-18,21-22H,4,7-15H2/t18-,21+,22+/m0/s1. The number of amides is 2. The maximum absolute atomic E-state index is 13.2. The second kappa shape index (κ2) is 6.93. The smallest absolute Gasteiger partial charge is 0.224 e. The molecule has 144 valence electrons.